The van der Waals surface area contributed by atoms with Gasteiger partial charge in [-0.15, -0.1) is 24.8 Å². The van der Waals surface area contributed by atoms with Crippen LogP contribution >= 0.6 is 36.4 Å². The fourth-order valence-electron chi connectivity index (χ4n) is 2.40. The SMILES string of the molecule is CCCC[C@@H](c1ccc(Cl)o1)N1CCNCC1.Cl.Cl. The van der Waals surface area contributed by atoms with E-state index in [4.69, 9.17) is 16.0 Å². The minimum Gasteiger partial charge on any atom is -0.448 e. The van der Waals surface area contributed by atoms with Gasteiger partial charge in [-0.1, -0.05) is 19.8 Å². The summed E-state index contributed by atoms with van der Waals surface area (Å²) >= 11 is 5.88. The van der Waals surface area contributed by atoms with Crippen molar-refractivity contribution in [1.82, 2.24) is 10.2 Å². The molecule has 1 aromatic rings. The second kappa shape index (κ2) is 9.89. The van der Waals surface area contributed by atoms with Gasteiger partial charge in [0.1, 0.15) is 5.76 Å². The molecule has 1 aliphatic heterocycles. The van der Waals surface area contributed by atoms with Crippen LogP contribution in [0.2, 0.25) is 5.22 Å². The van der Waals surface area contributed by atoms with Crippen molar-refractivity contribution in [3.63, 3.8) is 0 Å². The Morgan fingerprint density at radius 2 is 2.00 bits per heavy atom. The van der Waals surface area contributed by atoms with Crippen LogP contribution in [-0.4, -0.2) is 31.1 Å². The summed E-state index contributed by atoms with van der Waals surface area (Å²) in [5.74, 6) is 1.02. The Kier molecular flexibility index (Phi) is 9.93. The van der Waals surface area contributed by atoms with E-state index in [-0.39, 0.29) is 24.8 Å². The van der Waals surface area contributed by atoms with E-state index in [1.54, 1.807) is 0 Å². The second-order valence-electron chi connectivity index (χ2n) is 4.59. The average molecular weight is 330 g/mol. The van der Waals surface area contributed by atoms with Crippen molar-refractivity contribution in [2.45, 2.75) is 32.2 Å². The van der Waals surface area contributed by atoms with Crippen molar-refractivity contribution in [1.29, 1.82) is 0 Å². The van der Waals surface area contributed by atoms with Crippen LogP contribution in [0.25, 0.3) is 0 Å². The van der Waals surface area contributed by atoms with Crippen molar-refractivity contribution in [2.24, 2.45) is 0 Å². The van der Waals surface area contributed by atoms with Crippen molar-refractivity contribution >= 4 is 36.4 Å². The number of nitrogens with zero attached hydrogens (tertiary/aromatic N) is 1. The zero-order valence-corrected chi connectivity index (χ0v) is 13.6. The summed E-state index contributed by atoms with van der Waals surface area (Å²) < 4.78 is 5.60. The summed E-state index contributed by atoms with van der Waals surface area (Å²) in [6, 6.07) is 4.26. The standard InChI is InChI=1S/C13H21ClN2O.2ClH/c1-2-3-4-11(12-5-6-13(14)17-12)16-9-7-15-8-10-16;;/h5-6,11,15H,2-4,7-10H2,1H3;2*1H/t11-;;/m0../s1. The summed E-state index contributed by atoms with van der Waals surface area (Å²) in [7, 11) is 0. The normalized spacial score (nSPS) is 17.4. The molecule has 1 atom stereocenters. The quantitative estimate of drug-likeness (QED) is 0.887. The molecule has 1 fully saturated rings. The van der Waals surface area contributed by atoms with Crippen LogP contribution in [0.15, 0.2) is 16.5 Å². The fourth-order valence-corrected chi connectivity index (χ4v) is 2.56. The zero-order chi connectivity index (χ0) is 12.1. The molecule has 1 aromatic heterocycles. The average Bonchev–Trinajstić information content (AvgIpc) is 2.78. The van der Waals surface area contributed by atoms with Crippen LogP contribution in [0.4, 0.5) is 0 Å². The molecule has 0 spiro atoms. The summed E-state index contributed by atoms with van der Waals surface area (Å²) in [5.41, 5.74) is 0. The molecule has 2 heterocycles. The van der Waals surface area contributed by atoms with E-state index in [0.717, 1.165) is 38.4 Å². The maximum atomic E-state index is 5.88. The summed E-state index contributed by atoms with van der Waals surface area (Å²) in [6.45, 7) is 6.54. The third-order valence-corrected chi connectivity index (χ3v) is 3.55. The van der Waals surface area contributed by atoms with Crippen LogP contribution in [0.5, 0.6) is 0 Å². The van der Waals surface area contributed by atoms with Gasteiger partial charge in [0.2, 0.25) is 0 Å². The lowest BCUT2D eigenvalue weighted by Gasteiger charge is -2.33. The molecule has 0 unspecified atom stereocenters. The maximum absolute atomic E-state index is 5.88. The van der Waals surface area contributed by atoms with Gasteiger partial charge in [-0.25, -0.2) is 0 Å². The number of hydrogen-bond acceptors (Lipinski definition) is 3. The Hall–Kier alpha value is 0.0700. The number of unbranched alkanes of at least 4 members (excludes halogenated alkanes) is 1. The van der Waals surface area contributed by atoms with Crippen LogP contribution in [0.1, 0.15) is 38.0 Å². The topological polar surface area (TPSA) is 28.4 Å². The first-order valence-electron chi connectivity index (χ1n) is 6.51. The molecule has 1 aliphatic rings. The molecule has 0 bridgehead atoms. The van der Waals surface area contributed by atoms with Crippen molar-refractivity contribution < 1.29 is 4.42 Å². The highest BCUT2D eigenvalue weighted by molar-refractivity contribution is 6.28. The zero-order valence-electron chi connectivity index (χ0n) is 11.2. The Bertz CT molecular complexity index is 340. The maximum Gasteiger partial charge on any atom is 0.193 e. The third kappa shape index (κ3) is 5.52. The van der Waals surface area contributed by atoms with Crippen LogP contribution < -0.4 is 5.32 Å². The molecule has 112 valence electrons. The minimum atomic E-state index is 0. The van der Waals surface area contributed by atoms with E-state index >= 15 is 0 Å². The molecular weight excluding hydrogens is 307 g/mol. The van der Waals surface area contributed by atoms with Gasteiger partial charge in [0.15, 0.2) is 5.22 Å². The van der Waals surface area contributed by atoms with Gasteiger partial charge in [-0.3, -0.25) is 4.90 Å². The largest absolute Gasteiger partial charge is 0.448 e. The Morgan fingerprint density at radius 1 is 1.32 bits per heavy atom. The van der Waals surface area contributed by atoms with Gasteiger partial charge in [0, 0.05) is 26.2 Å². The van der Waals surface area contributed by atoms with Gasteiger partial charge in [-0.2, -0.15) is 0 Å². The van der Waals surface area contributed by atoms with E-state index < -0.39 is 0 Å². The van der Waals surface area contributed by atoms with E-state index in [1.165, 1.54) is 12.8 Å². The van der Waals surface area contributed by atoms with E-state index in [1.807, 2.05) is 12.1 Å². The predicted octanol–water partition coefficient (Wildman–Crippen LogP) is 3.91. The van der Waals surface area contributed by atoms with Crippen molar-refractivity contribution in [3.05, 3.63) is 23.1 Å². The number of piperazine rings is 1. The highest BCUT2D eigenvalue weighted by Gasteiger charge is 2.24. The van der Waals surface area contributed by atoms with Gasteiger partial charge in [0.05, 0.1) is 6.04 Å². The lowest BCUT2D eigenvalue weighted by atomic mass is 10.0. The fraction of sp³-hybridized carbons (Fsp3) is 0.692. The molecule has 2 rings (SSSR count). The first-order valence-corrected chi connectivity index (χ1v) is 6.89. The number of hydrogen-bond donors (Lipinski definition) is 1. The Balaban J connectivity index is 0.00000162. The highest BCUT2D eigenvalue weighted by atomic mass is 35.5. The summed E-state index contributed by atoms with van der Waals surface area (Å²) in [5, 5.41) is 3.88. The Morgan fingerprint density at radius 3 is 2.53 bits per heavy atom. The second-order valence-corrected chi connectivity index (χ2v) is 4.96. The Labute approximate surface area is 132 Å². The number of nitrogens with one attached hydrogen (secondary N) is 1. The van der Waals surface area contributed by atoms with Crippen molar-refractivity contribution in [3.8, 4) is 0 Å². The van der Waals surface area contributed by atoms with Crippen LogP contribution in [-0.2, 0) is 0 Å². The lowest BCUT2D eigenvalue weighted by molar-refractivity contribution is 0.144. The van der Waals surface area contributed by atoms with Crippen LogP contribution in [0.3, 0.4) is 0 Å². The summed E-state index contributed by atoms with van der Waals surface area (Å²) in [4.78, 5) is 2.50. The molecule has 0 aliphatic carbocycles. The first kappa shape index (κ1) is 19.1. The van der Waals surface area contributed by atoms with Gasteiger partial charge >= 0.3 is 0 Å². The molecule has 0 aromatic carbocycles. The predicted molar refractivity (Wildman–Crippen MR) is 84.9 cm³/mol. The molecule has 0 amide bonds. The van der Waals surface area contributed by atoms with E-state index in [9.17, 15) is 0 Å². The number of halogens is 3. The first-order chi connectivity index (χ1) is 8.31. The van der Waals surface area contributed by atoms with Gasteiger partial charge in [-0.05, 0) is 30.2 Å². The van der Waals surface area contributed by atoms with Gasteiger partial charge in [0.25, 0.3) is 0 Å². The molecule has 1 saturated heterocycles. The molecule has 0 saturated carbocycles. The lowest BCUT2D eigenvalue weighted by Crippen LogP contribution is -2.45. The molecule has 1 N–H and O–H groups in total. The molecule has 6 heteroatoms. The third-order valence-electron chi connectivity index (χ3n) is 3.35. The molecule has 19 heavy (non-hydrogen) atoms. The molecular formula is C13H23Cl3N2O. The van der Waals surface area contributed by atoms with Gasteiger partial charge < -0.3 is 9.73 Å². The number of furan rings is 1. The number of rotatable bonds is 5. The van der Waals surface area contributed by atoms with E-state index in [2.05, 4.69) is 17.1 Å². The molecule has 0 radical (unpaired) electrons. The highest BCUT2D eigenvalue weighted by Crippen LogP contribution is 2.29. The van der Waals surface area contributed by atoms with E-state index in [0.29, 0.717) is 11.3 Å². The van der Waals surface area contributed by atoms with Crippen molar-refractivity contribution in [2.75, 3.05) is 26.2 Å². The minimum absolute atomic E-state index is 0. The van der Waals surface area contributed by atoms with Crippen LogP contribution in [0, 0.1) is 0 Å². The molecule has 3 nitrogen and oxygen atoms in total. The monoisotopic (exact) mass is 328 g/mol. The smallest absolute Gasteiger partial charge is 0.193 e. The summed E-state index contributed by atoms with van der Waals surface area (Å²) in [6.07, 6.45) is 3.60.